The van der Waals surface area contributed by atoms with Crippen LogP contribution in [-0.4, -0.2) is 15.8 Å². The molecule has 2 rings (SSSR count). The van der Waals surface area contributed by atoms with Crippen LogP contribution < -0.4 is 5.56 Å². The first-order valence-electron chi connectivity index (χ1n) is 4.26. The molecule has 0 aliphatic carbocycles. The first kappa shape index (κ1) is 9.39. The number of hydrogen-bond donors (Lipinski definition) is 1. The molecular formula is C10H7FN2O2. The number of hydrogen-bond acceptors (Lipinski definition) is 2. The van der Waals surface area contributed by atoms with Gasteiger partial charge in [-0.1, -0.05) is 18.2 Å². The summed E-state index contributed by atoms with van der Waals surface area (Å²) in [6, 6.07) is 7.88. The number of nitrogens with one attached hydrogen (secondary N) is 1. The van der Waals surface area contributed by atoms with Crippen LogP contribution in [0.25, 0.3) is 5.69 Å². The van der Waals surface area contributed by atoms with Gasteiger partial charge in [0, 0.05) is 6.07 Å². The van der Waals surface area contributed by atoms with Crippen LogP contribution in [-0.2, 0) is 0 Å². The Labute approximate surface area is 83.9 Å². The van der Waals surface area contributed by atoms with Gasteiger partial charge in [0.1, 0.15) is 5.69 Å². The Morgan fingerprint density at radius 1 is 1.27 bits per heavy atom. The van der Waals surface area contributed by atoms with Gasteiger partial charge in [-0.25, -0.2) is 4.68 Å². The molecule has 4 nitrogen and oxygen atoms in total. The van der Waals surface area contributed by atoms with E-state index in [1.807, 2.05) is 0 Å². The molecule has 1 aromatic heterocycles. The summed E-state index contributed by atoms with van der Waals surface area (Å²) in [6.45, 7) is 0. The molecule has 2 aromatic rings. The Bertz CT molecular complexity index is 542. The lowest BCUT2D eigenvalue weighted by molar-refractivity contribution is 0.0829. The quantitative estimate of drug-likeness (QED) is 0.752. The molecule has 0 bridgehead atoms. The number of rotatable bonds is 2. The van der Waals surface area contributed by atoms with Gasteiger partial charge >= 0.3 is 6.04 Å². The zero-order valence-corrected chi connectivity index (χ0v) is 7.61. The Morgan fingerprint density at radius 3 is 2.47 bits per heavy atom. The molecular weight excluding hydrogens is 199 g/mol. The van der Waals surface area contributed by atoms with Crippen LogP contribution in [0.3, 0.4) is 0 Å². The van der Waals surface area contributed by atoms with E-state index in [1.165, 1.54) is 0 Å². The maximum atomic E-state index is 12.3. The molecule has 0 radical (unpaired) electrons. The summed E-state index contributed by atoms with van der Waals surface area (Å²) in [4.78, 5) is 21.7. The number of carbonyl (C=O) groups is 1. The Hall–Kier alpha value is -2.17. The molecule has 0 amide bonds. The third-order valence-electron chi connectivity index (χ3n) is 1.95. The summed E-state index contributed by atoms with van der Waals surface area (Å²) >= 11 is 0. The molecule has 1 heterocycles. The smallest absolute Gasteiger partial charge is 0.285 e. The van der Waals surface area contributed by atoms with Crippen molar-refractivity contribution in [2.24, 2.45) is 0 Å². The van der Waals surface area contributed by atoms with Crippen LogP contribution in [0.2, 0.25) is 0 Å². The molecule has 0 atom stereocenters. The Kier molecular flexibility index (Phi) is 2.21. The van der Waals surface area contributed by atoms with Crippen molar-refractivity contribution >= 4 is 6.04 Å². The standard InChI is InChI=1S/C10H7FN2O2/c11-10(15)8-6-9(14)13(12-8)7-4-2-1-3-5-7/h1-6,12H. The highest BCUT2D eigenvalue weighted by molar-refractivity contribution is 5.85. The van der Waals surface area contributed by atoms with Crippen molar-refractivity contribution in [1.29, 1.82) is 0 Å². The van der Waals surface area contributed by atoms with E-state index in [4.69, 9.17) is 0 Å². The maximum absolute atomic E-state index is 12.3. The highest BCUT2D eigenvalue weighted by atomic mass is 19.1. The van der Waals surface area contributed by atoms with Gasteiger partial charge < -0.3 is 0 Å². The first-order valence-corrected chi connectivity index (χ1v) is 4.26. The summed E-state index contributed by atoms with van der Waals surface area (Å²) in [6.07, 6.45) is 0. The minimum Gasteiger partial charge on any atom is -0.285 e. The molecule has 0 spiro atoms. The lowest BCUT2D eigenvalue weighted by Gasteiger charge is -1.99. The molecule has 1 aromatic carbocycles. The average Bonchev–Trinajstić information content (AvgIpc) is 2.62. The van der Waals surface area contributed by atoms with E-state index in [0.29, 0.717) is 5.69 Å². The number of carbonyl (C=O) groups excluding carboxylic acids is 1. The fourth-order valence-electron chi connectivity index (χ4n) is 1.27. The molecule has 0 saturated heterocycles. The number of benzene rings is 1. The predicted octanol–water partition coefficient (Wildman–Crippen LogP) is 1.28. The van der Waals surface area contributed by atoms with E-state index >= 15 is 0 Å². The number of aromatic amines is 1. The van der Waals surface area contributed by atoms with Crippen molar-refractivity contribution < 1.29 is 9.18 Å². The van der Waals surface area contributed by atoms with E-state index in [9.17, 15) is 14.0 Å². The Balaban J connectivity index is 2.55. The van der Waals surface area contributed by atoms with Gasteiger partial charge in [0.25, 0.3) is 5.56 Å². The van der Waals surface area contributed by atoms with Crippen molar-refractivity contribution in [3.05, 3.63) is 52.4 Å². The minimum atomic E-state index is -1.65. The number of H-pyrrole nitrogens is 1. The number of aromatic nitrogens is 2. The fourth-order valence-corrected chi connectivity index (χ4v) is 1.27. The van der Waals surface area contributed by atoms with Crippen LogP contribution in [0, 0.1) is 0 Å². The summed E-state index contributed by atoms with van der Waals surface area (Å²) in [5.41, 5.74) is -0.263. The normalized spacial score (nSPS) is 10.2. The van der Waals surface area contributed by atoms with Gasteiger partial charge in [0.15, 0.2) is 0 Å². The second kappa shape index (κ2) is 3.53. The van der Waals surface area contributed by atoms with E-state index in [2.05, 4.69) is 5.10 Å². The Morgan fingerprint density at radius 2 is 1.93 bits per heavy atom. The van der Waals surface area contributed by atoms with Crippen molar-refractivity contribution in [2.45, 2.75) is 0 Å². The number of nitrogens with zero attached hydrogens (tertiary/aromatic N) is 1. The monoisotopic (exact) mass is 206 g/mol. The zero-order valence-electron chi connectivity index (χ0n) is 7.61. The topological polar surface area (TPSA) is 54.9 Å². The predicted molar refractivity (Wildman–Crippen MR) is 51.8 cm³/mol. The second-order valence-electron chi connectivity index (χ2n) is 2.95. The number of halogens is 1. The molecule has 0 saturated carbocycles. The van der Waals surface area contributed by atoms with Gasteiger partial charge in [-0.05, 0) is 12.1 Å². The summed E-state index contributed by atoms with van der Waals surface area (Å²) in [7, 11) is 0. The molecule has 76 valence electrons. The van der Waals surface area contributed by atoms with Crippen molar-refractivity contribution in [2.75, 3.05) is 0 Å². The molecule has 0 aliphatic heterocycles. The number of para-hydroxylation sites is 1. The van der Waals surface area contributed by atoms with E-state index in [0.717, 1.165) is 10.7 Å². The molecule has 0 aliphatic rings. The van der Waals surface area contributed by atoms with Gasteiger partial charge in [0.2, 0.25) is 0 Å². The van der Waals surface area contributed by atoms with Crippen LogP contribution in [0.5, 0.6) is 0 Å². The highest BCUT2D eigenvalue weighted by Crippen LogP contribution is 2.03. The lowest BCUT2D eigenvalue weighted by atomic mass is 10.3. The molecule has 1 N–H and O–H groups in total. The highest BCUT2D eigenvalue weighted by Gasteiger charge is 2.10. The van der Waals surface area contributed by atoms with Crippen LogP contribution >= 0.6 is 0 Å². The fraction of sp³-hybridized carbons (Fsp3) is 0. The van der Waals surface area contributed by atoms with E-state index < -0.39 is 11.6 Å². The van der Waals surface area contributed by atoms with Crippen LogP contribution in [0.1, 0.15) is 10.5 Å². The molecule has 0 fully saturated rings. The largest absolute Gasteiger partial charge is 0.349 e. The minimum absolute atomic E-state index is 0.344. The summed E-state index contributed by atoms with van der Waals surface area (Å²) in [5.74, 6) is 0. The first-order chi connectivity index (χ1) is 7.18. The average molecular weight is 206 g/mol. The van der Waals surface area contributed by atoms with Crippen LogP contribution in [0.4, 0.5) is 4.39 Å². The van der Waals surface area contributed by atoms with E-state index in [1.54, 1.807) is 30.3 Å². The maximum Gasteiger partial charge on any atom is 0.349 e. The summed E-state index contributed by atoms with van der Waals surface area (Å²) in [5, 5.41) is 2.38. The van der Waals surface area contributed by atoms with Gasteiger partial charge in [-0.15, -0.1) is 0 Å². The molecule has 5 heteroatoms. The SMILES string of the molecule is O=C(F)c1cc(=O)n(-c2ccccc2)[nH]1. The van der Waals surface area contributed by atoms with Crippen molar-refractivity contribution in [3.8, 4) is 5.69 Å². The second-order valence-corrected chi connectivity index (χ2v) is 2.95. The van der Waals surface area contributed by atoms with Gasteiger partial charge in [-0.2, -0.15) is 4.39 Å². The van der Waals surface area contributed by atoms with Crippen LogP contribution in [0.15, 0.2) is 41.2 Å². The lowest BCUT2D eigenvalue weighted by Crippen LogP contribution is -2.13. The van der Waals surface area contributed by atoms with E-state index in [-0.39, 0.29) is 5.69 Å². The van der Waals surface area contributed by atoms with Crippen molar-refractivity contribution in [3.63, 3.8) is 0 Å². The zero-order chi connectivity index (χ0) is 10.8. The molecule has 0 unspecified atom stereocenters. The van der Waals surface area contributed by atoms with Crippen molar-refractivity contribution in [1.82, 2.24) is 9.78 Å². The summed E-state index contributed by atoms with van der Waals surface area (Å²) < 4.78 is 13.4. The van der Waals surface area contributed by atoms with Gasteiger partial charge in [-0.3, -0.25) is 14.7 Å². The van der Waals surface area contributed by atoms with Gasteiger partial charge in [0.05, 0.1) is 5.69 Å². The third-order valence-corrected chi connectivity index (χ3v) is 1.95. The third kappa shape index (κ3) is 1.71. The molecule has 15 heavy (non-hydrogen) atoms.